The molecule has 0 fully saturated rings. The molecule has 0 aliphatic carbocycles. The largest absolute Gasteiger partial charge is 0.273 e. The number of nitrogens with zero attached hydrogens (tertiary/aromatic N) is 2. The maximum Gasteiger partial charge on any atom is 0.0489 e. The van der Waals surface area contributed by atoms with E-state index in [1.54, 1.807) is 0 Å². The third-order valence-electron chi connectivity index (χ3n) is 4.80. The first-order valence-corrected chi connectivity index (χ1v) is 10.4. The van der Waals surface area contributed by atoms with Gasteiger partial charge in [0.05, 0.1) is 0 Å². The average Bonchev–Trinajstić information content (AvgIpc) is 3.08. The molecule has 1 heterocycles. The van der Waals surface area contributed by atoms with Crippen LogP contribution in [0.25, 0.3) is 0 Å². The van der Waals surface area contributed by atoms with Crippen LogP contribution in [-0.4, -0.2) is 9.78 Å². The minimum atomic E-state index is 1.09. The highest BCUT2D eigenvalue weighted by Gasteiger charge is 1.95. The highest BCUT2D eigenvalue weighted by molar-refractivity contribution is 4.77. The van der Waals surface area contributed by atoms with Crippen molar-refractivity contribution in [1.82, 2.24) is 9.78 Å². The second kappa shape index (κ2) is 16.1. The minimum absolute atomic E-state index is 1.09. The zero-order valence-electron chi connectivity index (χ0n) is 15.6. The Balaban J connectivity index is 1.67. The quantitative estimate of drug-likeness (QED) is 0.279. The topological polar surface area (TPSA) is 17.8 Å². The minimum Gasteiger partial charge on any atom is -0.273 e. The molecule has 0 saturated heterocycles. The van der Waals surface area contributed by atoms with Gasteiger partial charge in [-0.1, -0.05) is 103 Å². The lowest BCUT2D eigenvalue weighted by Crippen LogP contribution is -1.97. The summed E-state index contributed by atoms with van der Waals surface area (Å²) < 4.78 is 2.05. The lowest BCUT2D eigenvalue weighted by atomic mass is 10.0. The van der Waals surface area contributed by atoms with E-state index >= 15 is 0 Å². The van der Waals surface area contributed by atoms with E-state index in [9.17, 15) is 0 Å². The van der Waals surface area contributed by atoms with Gasteiger partial charge in [0.1, 0.15) is 0 Å². The van der Waals surface area contributed by atoms with Crippen LogP contribution in [0.4, 0.5) is 0 Å². The molecule has 0 bridgehead atoms. The summed E-state index contributed by atoms with van der Waals surface area (Å²) >= 11 is 0. The van der Waals surface area contributed by atoms with E-state index < -0.39 is 0 Å². The molecular weight excluding hydrogens is 280 g/mol. The van der Waals surface area contributed by atoms with Crippen molar-refractivity contribution in [2.45, 2.75) is 116 Å². The fraction of sp³-hybridized carbons (Fsp3) is 0.857. The molecule has 0 atom stereocenters. The number of aryl methyl sites for hydroxylation is 1. The molecular formula is C21H40N2. The Bertz CT molecular complexity index is 319. The van der Waals surface area contributed by atoms with E-state index in [-0.39, 0.29) is 0 Å². The third kappa shape index (κ3) is 13.4. The summed E-state index contributed by atoms with van der Waals surface area (Å²) in [5.74, 6) is 0. The van der Waals surface area contributed by atoms with Crippen LogP contribution in [0.2, 0.25) is 0 Å². The summed E-state index contributed by atoms with van der Waals surface area (Å²) in [6.45, 7) is 3.38. The number of hydrogen-bond acceptors (Lipinski definition) is 1. The van der Waals surface area contributed by atoms with Crippen molar-refractivity contribution in [3.63, 3.8) is 0 Å². The first-order chi connectivity index (χ1) is 11.4. The summed E-state index contributed by atoms with van der Waals surface area (Å²) in [4.78, 5) is 0. The Morgan fingerprint density at radius 2 is 1.04 bits per heavy atom. The summed E-state index contributed by atoms with van der Waals surface area (Å²) in [6.07, 6.45) is 26.8. The predicted octanol–water partition coefficient (Wildman–Crippen LogP) is 7.14. The Morgan fingerprint density at radius 3 is 1.43 bits per heavy atom. The first kappa shape index (κ1) is 20.3. The van der Waals surface area contributed by atoms with Crippen molar-refractivity contribution in [3.8, 4) is 0 Å². The van der Waals surface area contributed by atoms with Crippen LogP contribution in [0.3, 0.4) is 0 Å². The molecule has 0 saturated carbocycles. The van der Waals surface area contributed by atoms with Crippen LogP contribution >= 0.6 is 0 Å². The van der Waals surface area contributed by atoms with E-state index in [4.69, 9.17) is 0 Å². The zero-order valence-corrected chi connectivity index (χ0v) is 15.6. The van der Waals surface area contributed by atoms with E-state index in [1.165, 1.54) is 103 Å². The smallest absolute Gasteiger partial charge is 0.0489 e. The molecule has 134 valence electrons. The van der Waals surface area contributed by atoms with Gasteiger partial charge in [-0.15, -0.1) is 0 Å². The van der Waals surface area contributed by atoms with Gasteiger partial charge >= 0.3 is 0 Å². The van der Waals surface area contributed by atoms with Crippen LogP contribution in [0.15, 0.2) is 18.5 Å². The van der Waals surface area contributed by atoms with Crippen LogP contribution in [0.5, 0.6) is 0 Å². The molecule has 0 radical (unpaired) electrons. The van der Waals surface area contributed by atoms with Crippen LogP contribution in [0.1, 0.15) is 110 Å². The van der Waals surface area contributed by atoms with Crippen molar-refractivity contribution in [2.75, 3.05) is 0 Å². The molecule has 0 N–H and O–H groups in total. The highest BCUT2D eigenvalue weighted by atomic mass is 15.3. The van der Waals surface area contributed by atoms with Crippen LogP contribution in [0, 0.1) is 0 Å². The molecule has 0 unspecified atom stereocenters. The molecule has 23 heavy (non-hydrogen) atoms. The van der Waals surface area contributed by atoms with Gasteiger partial charge in [-0.2, -0.15) is 5.10 Å². The molecule has 0 aromatic carbocycles. The van der Waals surface area contributed by atoms with Gasteiger partial charge in [0.15, 0.2) is 0 Å². The van der Waals surface area contributed by atoms with Crippen molar-refractivity contribution in [1.29, 1.82) is 0 Å². The predicted molar refractivity (Wildman–Crippen MR) is 102 cm³/mol. The van der Waals surface area contributed by atoms with Gasteiger partial charge in [0.2, 0.25) is 0 Å². The van der Waals surface area contributed by atoms with Gasteiger partial charge in [0, 0.05) is 18.9 Å². The lowest BCUT2D eigenvalue weighted by molar-refractivity contribution is 0.509. The Morgan fingerprint density at radius 1 is 0.609 bits per heavy atom. The van der Waals surface area contributed by atoms with E-state index in [2.05, 4.69) is 18.2 Å². The maximum absolute atomic E-state index is 4.24. The molecule has 1 rings (SSSR count). The lowest BCUT2D eigenvalue weighted by Gasteiger charge is -2.04. The fourth-order valence-electron chi connectivity index (χ4n) is 3.25. The van der Waals surface area contributed by atoms with Crippen molar-refractivity contribution in [2.24, 2.45) is 0 Å². The summed E-state index contributed by atoms with van der Waals surface area (Å²) in [6, 6.07) is 2.01. The number of unbranched alkanes of at least 4 members (excludes halogenated alkanes) is 15. The Labute approximate surface area is 145 Å². The van der Waals surface area contributed by atoms with Gasteiger partial charge < -0.3 is 0 Å². The standard InChI is InChI=1S/C21H40N2/c1-2-3-4-5-6-7-8-9-10-11-12-13-14-15-16-17-20-23-21-18-19-22-23/h18-19,21H,2-17,20H2,1H3. The number of rotatable bonds is 17. The Hall–Kier alpha value is -0.790. The molecule has 1 aromatic rings. The fourth-order valence-corrected chi connectivity index (χ4v) is 3.25. The number of aromatic nitrogens is 2. The summed E-state index contributed by atoms with van der Waals surface area (Å²) in [7, 11) is 0. The summed E-state index contributed by atoms with van der Waals surface area (Å²) in [5.41, 5.74) is 0. The normalized spacial score (nSPS) is 11.2. The second-order valence-electron chi connectivity index (χ2n) is 7.07. The van der Waals surface area contributed by atoms with E-state index in [0.717, 1.165) is 6.54 Å². The molecule has 1 aromatic heterocycles. The van der Waals surface area contributed by atoms with E-state index in [1.807, 2.05) is 16.9 Å². The molecule has 2 heteroatoms. The average molecular weight is 321 g/mol. The van der Waals surface area contributed by atoms with Crippen molar-refractivity contribution >= 4 is 0 Å². The van der Waals surface area contributed by atoms with Gasteiger partial charge in [-0.05, 0) is 12.5 Å². The molecule has 0 spiro atoms. The molecule has 0 amide bonds. The maximum atomic E-state index is 4.24. The zero-order chi connectivity index (χ0) is 16.4. The van der Waals surface area contributed by atoms with E-state index in [0.29, 0.717) is 0 Å². The van der Waals surface area contributed by atoms with Crippen LogP contribution < -0.4 is 0 Å². The first-order valence-electron chi connectivity index (χ1n) is 10.4. The second-order valence-corrected chi connectivity index (χ2v) is 7.07. The molecule has 2 nitrogen and oxygen atoms in total. The third-order valence-corrected chi connectivity index (χ3v) is 4.80. The van der Waals surface area contributed by atoms with Gasteiger partial charge in [-0.25, -0.2) is 0 Å². The molecule has 0 aliphatic heterocycles. The highest BCUT2D eigenvalue weighted by Crippen LogP contribution is 2.13. The molecule has 0 aliphatic rings. The van der Waals surface area contributed by atoms with Crippen LogP contribution in [-0.2, 0) is 6.54 Å². The number of hydrogen-bond donors (Lipinski definition) is 0. The van der Waals surface area contributed by atoms with Gasteiger partial charge in [0.25, 0.3) is 0 Å². The Kier molecular flexibility index (Phi) is 14.2. The van der Waals surface area contributed by atoms with Gasteiger partial charge in [-0.3, -0.25) is 4.68 Å². The monoisotopic (exact) mass is 320 g/mol. The summed E-state index contributed by atoms with van der Waals surface area (Å²) in [5, 5.41) is 4.24. The SMILES string of the molecule is CCCCCCCCCCCCCCCCCCn1cccn1. The van der Waals surface area contributed by atoms with Crippen molar-refractivity contribution < 1.29 is 0 Å². The van der Waals surface area contributed by atoms with Crippen molar-refractivity contribution in [3.05, 3.63) is 18.5 Å².